The molecule has 0 aromatic carbocycles. The minimum Gasteiger partial charge on any atom is -0.481 e. The van der Waals surface area contributed by atoms with Crippen molar-refractivity contribution in [3.63, 3.8) is 0 Å². The molecule has 1 aromatic heterocycles. The van der Waals surface area contributed by atoms with Gasteiger partial charge in [0, 0.05) is 10.5 Å². The number of carbonyl (C=O) groups is 2. The summed E-state index contributed by atoms with van der Waals surface area (Å²) in [4.78, 5) is 24.2. The summed E-state index contributed by atoms with van der Waals surface area (Å²) >= 11 is 4.70. The average Bonchev–Trinajstić information content (AvgIpc) is 3.03. The van der Waals surface area contributed by atoms with Gasteiger partial charge in [0.05, 0.1) is 5.92 Å². The molecule has 2 aliphatic rings. The lowest BCUT2D eigenvalue weighted by molar-refractivity contribution is -0.144. The van der Waals surface area contributed by atoms with E-state index in [-0.39, 0.29) is 17.9 Å². The monoisotopic (exact) mass is 343 g/mol. The first-order valence-corrected chi connectivity index (χ1v) is 8.02. The third kappa shape index (κ3) is 2.21. The van der Waals surface area contributed by atoms with E-state index in [1.807, 2.05) is 11.4 Å². The Kier molecular flexibility index (Phi) is 3.39. The first-order chi connectivity index (χ1) is 9.08. The Labute approximate surface area is 123 Å². The average molecular weight is 344 g/mol. The topological polar surface area (TPSA) is 66.4 Å². The van der Waals surface area contributed by atoms with Gasteiger partial charge in [-0.3, -0.25) is 9.59 Å². The van der Waals surface area contributed by atoms with Crippen LogP contribution >= 0.6 is 27.3 Å². The zero-order valence-corrected chi connectivity index (χ0v) is 12.5. The molecule has 0 unspecified atom stereocenters. The van der Waals surface area contributed by atoms with Gasteiger partial charge >= 0.3 is 5.97 Å². The second kappa shape index (κ2) is 4.90. The van der Waals surface area contributed by atoms with E-state index in [1.165, 1.54) is 11.3 Å². The van der Waals surface area contributed by atoms with E-state index < -0.39 is 11.9 Å². The Bertz CT molecular complexity index is 530. The number of nitrogens with one attached hydrogen (secondary N) is 1. The zero-order valence-electron chi connectivity index (χ0n) is 10.1. The van der Waals surface area contributed by atoms with E-state index in [0.717, 1.165) is 23.7 Å². The number of aliphatic carboxylic acids is 1. The van der Waals surface area contributed by atoms with Gasteiger partial charge in [-0.05, 0) is 58.5 Å². The van der Waals surface area contributed by atoms with Gasteiger partial charge in [0.1, 0.15) is 4.88 Å². The fraction of sp³-hybridized carbons (Fsp3) is 0.538. The molecule has 0 aliphatic heterocycles. The first-order valence-electron chi connectivity index (χ1n) is 6.34. The van der Waals surface area contributed by atoms with Crippen LogP contribution in [0.1, 0.15) is 28.9 Å². The number of fused-ring (bicyclic) bond motifs is 2. The van der Waals surface area contributed by atoms with Gasteiger partial charge < -0.3 is 10.4 Å². The maximum atomic E-state index is 12.2. The van der Waals surface area contributed by atoms with Crippen LogP contribution < -0.4 is 5.32 Å². The smallest absolute Gasteiger partial charge is 0.308 e. The molecule has 0 saturated heterocycles. The summed E-state index contributed by atoms with van der Waals surface area (Å²) < 4.78 is 0.769. The maximum Gasteiger partial charge on any atom is 0.308 e. The molecule has 2 saturated carbocycles. The van der Waals surface area contributed by atoms with Crippen molar-refractivity contribution in [3.05, 3.63) is 20.8 Å². The number of thiophene rings is 1. The first kappa shape index (κ1) is 13.1. The van der Waals surface area contributed by atoms with Gasteiger partial charge in [0.25, 0.3) is 5.91 Å². The van der Waals surface area contributed by atoms with Crippen LogP contribution in [0.25, 0.3) is 0 Å². The van der Waals surface area contributed by atoms with E-state index in [9.17, 15) is 14.7 Å². The van der Waals surface area contributed by atoms with Crippen molar-refractivity contribution in [3.8, 4) is 0 Å². The molecule has 19 heavy (non-hydrogen) atoms. The quantitative estimate of drug-likeness (QED) is 0.886. The van der Waals surface area contributed by atoms with Crippen LogP contribution in [-0.2, 0) is 4.79 Å². The van der Waals surface area contributed by atoms with E-state index in [2.05, 4.69) is 21.2 Å². The molecule has 1 amide bonds. The Balaban J connectivity index is 1.77. The van der Waals surface area contributed by atoms with Gasteiger partial charge in [-0.15, -0.1) is 11.3 Å². The predicted molar refractivity (Wildman–Crippen MR) is 75.2 cm³/mol. The fourth-order valence-corrected chi connectivity index (χ4v) is 4.98. The molecule has 4 atom stereocenters. The van der Waals surface area contributed by atoms with Crippen LogP contribution in [0.4, 0.5) is 0 Å². The molecular weight excluding hydrogens is 330 g/mol. The molecule has 2 N–H and O–H groups in total. The van der Waals surface area contributed by atoms with Crippen molar-refractivity contribution in [2.45, 2.75) is 25.3 Å². The van der Waals surface area contributed by atoms with Crippen LogP contribution in [0, 0.1) is 17.8 Å². The molecule has 0 spiro atoms. The summed E-state index contributed by atoms with van der Waals surface area (Å²) in [7, 11) is 0. The number of amides is 1. The summed E-state index contributed by atoms with van der Waals surface area (Å²) in [6.07, 6.45) is 2.95. The lowest BCUT2D eigenvalue weighted by Gasteiger charge is -2.28. The van der Waals surface area contributed by atoms with Gasteiger partial charge in [0.15, 0.2) is 0 Å². The number of hydrogen-bond donors (Lipinski definition) is 2. The van der Waals surface area contributed by atoms with Gasteiger partial charge in [-0.1, -0.05) is 0 Å². The molecule has 1 aromatic rings. The lowest BCUT2D eigenvalue weighted by Crippen LogP contribution is -2.46. The Morgan fingerprint density at radius 1 is 1.37 bits per heavy atom. The second-order valence-corrected chi connectivity index (χ2v) is 7.06. The molecular formula is C13H14BrNO3S. The van der Waals surface area contributed by atoms with Crippen molar-refractivity contribution in [2.75, 3.05) is 0 Å². The van der Waals surface area contributed by atoms with Crippen molar-refractivity contribution in [1.82, 2.24) is 5.32 Å². The number of halogens is 1. The highest BCUT2D eigenvalue weighted by Crippen LogP contribution is 2.48. The van der Waals surface area contributed by atoms with Crippen LogP contribution in [0.5, 0.6) is 0 Å². The van der Waals surface area contributed by atoms with Crippen molar-refractivity contribution >= 4 is 39.1 Å². The van der Waals surface area contributed by atoms with E-state index in [0.29, 0.717) is 10.8 Å². The summed E-state index contributed by atoms with van der Waals surface area (Å²) in [6.45, 7) is 0. The highest BCUT2D eigenvalue weighted by molar-refractivity contribution is 9.10. The molecule has 102 valence electrons. The molecule has 4 nitrogen and oxygen atoms in total. The molecule has 3 rings (SSSR count). The van der Waals surface area contributed by atoms with Crippen LogP contribution in [0.3, 0.4) is 0 Å². The molecule has 2 aliphatic carbocycles. The summed E-state index contributed by atoms with van der Waals surface area (Å²) in [6, 6.07) is 1.62. The summed E-state index contributed by atoms with van der Waals surface area (Å²) in [5.41, 5.74) is 0. The number of carboxylic acid groups (broad SMARTS) is 1. The number of carboxylic acids is 1. The number of carbonyl (C=O) groups excluding carboxylic acids is 1. The molecule has 2 bridgehead atoms. The van der Waals surface area contributed by atoms with Crippen molar-refractivity contribution < 1.29 is 14.7 Å². The van der Waals surface area contributed by atoms with E-state index in [4.69, 9.17) is 0 Å². The highest BCUT2D eigenvalue weighted by Gasteiger charge is 2.51. The molecule has 1 heterocycles. The summed E-state index contributed by atoms with van der Waals surface area (Å²) in [5.74, 6) is -0.789. The Hall–Kier alpha value is -0.880. The van der Waals surface area contributed by atoms with Crippen LogP contribution in [0.2, 0.25) is 0 Å². The largest absolute Gasteiger partial charge is 0.481 e. The van der Waals surface area contributed by atoms with Crippen LogP contribution in [-0.4, -0.2) is 23.0 Å². The molecule has 0 radical (unpaired) electrons. The van der Waals surface area contributed by atoms with Gasteiger partial charge in [-0.25, -0.2) is 0 Å². The Morgan fingerprint density at radius 2 is 2.11 bits per heavy atom. The normalized spacial score (nSPS) is 32.5. The maximum absolute atomic E-state index is 12.2. The van der Waals surface area contributed by atoms with Gasteiger partial charge in [-0.2, -0.15) is 0 Å². The highest BCUT2D eigenvalue weighted by atomic mass is 79.9. The van der Waals surface area contributed by atoms with Crippen LogP contribution in [0.15, 0.2) is 15.9 Å². The Morgan fingerprint density at radius 3 is 2.74 bits per heavy atom. The van der Waals surface area contributed by atoms with E-state index >= 15 is 0 Å². The third-order valence-corrected chi connectivity index (χ3v) is 6.16. The minimum absolute atomic E-state index is 0.161. The van der Waals surface area contributed by atoms with Gasteiger partial charge in [0.2, 0.25) is 0 Å². The fourth-order valence-electron chi connectivity index (χ4n) is 3.53. The minimum atomic E-state index is -0.775. The number of rotatable bonds is 3. The van der Waals surface area contributed by atoms with E-state index in [1.54, 1.807) is 0 Å². The lowest BCUT2D eigenvalue weighted by atomic mass is 9.84. The molecule has 2 fully saturated rings. The zero-order chi connectivity index (χ0) is 13.6. The SMILES string of the molecule is O=C(N[C@H]1[C@H]2CC[C@@H](C2)[C@H]1C(=O)O)c1sccc1Br. The standard InChI is InChI=1S/C13H14BrNO3S/c14-8-3-4-19-11(8)12(16)15-10-7-2-1-6(5-7)9(10)13(17)18/h3-4,6-7,9-10H,1-2,5H2,(H,15,16)(H,17,18)/t6-,7-,9+,10-/m0/s1. The second-order valence-electron chi connectivity index (χ2n) is 5.29. The molecule has 6 heteroatoms. The van der Waals surface area contributed by atoms with Crippen molar-refractivity contribution in [1.29, 1.82) is 0 Å². The summed E-state index contributed by atoms with van der Waals surface area (Å²) in [5, 5.41) is 14.1. The van der Waals surface area contributed by atoms with Crippen molar-refractivity contribution in [2.24, 2.45) is 17.8 Å². The number of hydrogen-bond acceptors (Lipinski definition) is 3. The third-order valence-electron chi connectivity index (χ3n) is 4.32. The predicted octanol–water partition coefficient (Wildman–Crippen LogP) is 2.74.